The Morgan fingerprint density at radius 1 is 0.857 bits per heavy atom. The summed E-state index contributed by atoms with van der Waals surface area (Å²) < 4.78 is 26.6. The topological polar surface area (TPSA) is 84.2 Å². The van der Waals surface area contributed by atoms with Gasteiger partial charge in [0.1, 0.15) is 0 Å². The van der Waals surface area contributed by atoms with Crippen LogP contribution in [0.25, 0.3) is 21.8 Å². The van der Waals surface area contributed by atoms with Crippen molar-refractivity contribution in [1.29, 1.82) is 0 Å². The van der Waals surface area contributed by atoms with Gasteiger partial charge in [-0.3, -0.25) is 0 Å². The number of hydrogen-bond donors (Lipinski definition) is 3. The van der Waals surface area contributed by atoms with Crippen LogP contribution in [0.2, 0.25) is 0 Å². The number of rotatable bonds is 11. The second-order valence-corrected chi connectivity index (χ2v) is 11.8. The van der Waals surface area contributed by atoms with Crippen LogP contribution in [0, 0.1) is 0 Å². The Labute approximate surface area is 208 Å². The van der Waals surface area contributed by atoms with E-state index >= 15 is 0 Å². The number of nitrogens with one attached hydrogen (secondary N) is 3. The summed E-state index contributed by atoms with van der Waals surface area (Å²) in [6, 6.07) is 12.6. The molecule has 0 amide bonds. The third-order valence-corrected chi connectivity index (χ3v) is 7.91. The molecule has 7 nitrogen and oxygen atoms in total. The van der Waals surface area contributed by atoms with Crippen molar-refractivity contribution in [3.05, 3.63) is 70.5 Å². The van der Waals surface area contributed by atoms with Crippen molar-refractivity contribution in [2.75, 3.05) is 48.3 Å². The molecule has 2 aromatic heterocycles. The number of aromatic amines is 2. The van der Waals surface area contributed by atoms with Crippen molar-refractivity contribution in [1.82, 2.24) is 24.5 Å². The minimum absolute atomic E-state index is 0.0209. The molecule has 3 N–H and O–H groups in total. The minimum atomic E-state index is -3.33. The molecule has 0 spiro atoms. The van der Waals surface area contributed by atoms with Crippen molar-refractivity contribution in [3.8, 4) is 0 Å². The Bertz CT molecular complexity index is 1420. The van der Waals surface area contributed by atoms with E-state index in [9.17, 15) is 8.42 Å². The van der Waals surface area contributed by atoms with E-state index in [1.807, 2.05) is 18.2 Å². The SMILES string of the molecule is CNS(=O)(=O)Cc1ccc2[nH]c(Cc3ccc4[nH]cc(CCN(C)C)c4c3)c(CCN(C)C)c2c1. The van der Waals surface area contributed by atoms with Crippen molar-refractivity contribution < 1.29 is 8.42 Å². The first-order valence-electron chi connectivity index (χ1n) is 12.1. The van der Waals surface area contributed by atoms with Crippen molar-refractivity contribution >= 4 is 31.8 Å². The predicted molar refractivity (Wildman–Crippen MR) is 146 cm³/mol. The van der Waals surface area contributed by atoms with Gasteiger partial charge in [0.05, 0.1) is 5.75 Å². The van der Waals surface area contributed by atoms with Crippen LogP contribution >= 0.6 is 0 Å². The zero-order valence-corrected chi connectivity index (χ0v) is 22.2. The minimum Gasteiger partial charge on any atom is -0.361 e. The molecule has 4 aromatic rings. The fraction of sp³-hybridized carbons (Fsp3) is 0.407. The molecule has 0 aliphatic carbocycles. The summed E-state index contributed by atoms with van der Waals surface area (Å²) in [5.74, 6) is -0.0209. The lowest BCUT2D eigenvalue weighted by Crippen LogP contribution is -2.20. The molecule has 2 aromatic carbocycles. The smallest absolute Gasteiger partial charge is 0.215 e. The van der Waals surface area contributed by atoms with Gasteiger partial charge >= 0.3 is 0 Å². The Balaban J connectivity index is 1.70. The van der Waals surface area contributed by atoms with E-state index in [1.54, 1.807) is 0 Å². The standard InChI is InChI=1S/C27H37N5O2S/c1-28-35(33,34)18-20-7-9-26-24(15-20)22(11-13-32(4)5)27(30-26)16-19-6-8-25-23(14-19)21(17-29-25)10-12-31(2)3/h6-9,14-15,17,28-30H,10-13,16,18H2,1-5H3. The second kappa shape index (κ2) is 10.5. The Hall–Kier alpha value is -2.65. The summed E-state index contributed by atoms with van der Waals surface area (Å²) >= 11 is 0. The van der Waals surface area contributed by atoms with Crippen LogP contribution < -0.4 is 4.72 Å². The maximum Gasteiger partial charge on any atom is 0.215 e. The lowest BCUT2D eigenvalue weighted by atomic mass is 9.99. The van der Waals surface area contributed by atoms with E-state index in [1.165, 1.54) is 40.3 Å². The Kier molecular flexibility index (Phi) is 7.66. The summed E-state index contributed by atoms with van der Waals surface area (Å²) in [5, 5.41) is 2.40. The fourth-order valence-corrected chi connectivity index (χ4v) is 5.36. The molecule has 0 unspecified atom stereocenters. The number of nitrogens with zero attached hydrogens (tertiary/aromatic N) is 2. The van der Waals surface area contributed by atoms with Gasteiger partial charge in [0, 0.05) is 53.2 Å². The third kappa shape index (κ3) is 6.13. The number of sulfonamides is 1. The van der Waals surface area contributed by atoms with Crippen LogP contribution in [0.5, 0.6) is 0 Å². The molecule has 0 fully saturated rings. The Morgan fingerprint density at radius 2 is 1.51 bits per heavy atom. The number of hydrogen-bond acceptors (Lipinski definition) is 4. The highest BCUT2D eigenvalue weighted by Gasteiger charge is 2.16. The first kappa shape index (κ1) is 25.4. The second-order valence-electron chi connectivity index (χ2n) is 9.90. The molecule has 8 heteroatoms. The van der Waals surface area contributed by atoms with Gasteiger partial charge < -0.3 is 19.8 Å². The summed E-state index contributed by atoms with van der Waals surface area (Å²) in [5.41, 5.74) is 8.08. The quantitative estimate of drug-likeness (QED) is 0.297. The molecular weight excluding hydrogens is 458 g/mol. The van der Waals surface area contributed by atoms with Gasteiger partial charge in [-0.2, -0.15) is 0 Å². The lowest BCUT2D eigenvalue weighted by molar-refractivity contribution is 0.414. The fourth-order valence-electron chi connectivity index (χ4n) is 4.59. The summed E-state index contributed by atoms with van der Waals surface area (Å²) in [7, 11) is 6.49. The van der Waals surface area contributed by atoms with Gasteiger partial charge in [0.25, 0.3) is 0 Å². The molecule has 2 heterocycles. The van der Waals surface area contributed by atoms with Crippen molar-refractivity contribution in [3.63, 3.8) is 0 Å². The summed E-state index contributed by atoms with van der Waals surface area (Å²) in [6.07, 6.45) is 4.83. The van der Waals surface area contributed by atoms with E-state index in [-0.39, 0.29) is 5.75 Å². The highest BCUT2D eigenvalue weighted by Crippen LogP contribution is 2.28. The van der Waals surface area contributed by atoms with Crippen molar-refractivity contribution in [2.24, 2.45) is 0 Å². The first-order valence-corrected chi connectivity index (χ1v) is 13.7. The molecule has 0 atom stereocenters. The van der Waals surface area contributed by atoms with E-state index in [0.29, 0.717) is 0 Å². The molecule has 0 radical (unpaired) electrons. The largest absolute Gasteiger partial charge is 0.361 e. The maximum absolute atomic E-state index is 12.1. The Morgan fingerprint density at radius 3 is 2.23 bits per heavy atom. The van der Waals surface area contributed by atoms with E-state index < -0.39 is 10.0 Å². The van der Waals surface area contributed by atoms with E-state index in [4.69, 9.17) is 0 Å². The molecule has 0 bridgehead atoms. The average molecular weight is 496 g/mol. The molecule has 0 aliphatic rings. The van der Waals surface area contributed by atoms with Gasteiger partial charge in [-0.1, -0.05) is 12.1 Å². The molecule has 0 aliphatic heterocycles. The monoisotopic (exact) mass is 495 g/mol. The highest BCUT2D eigenvalue weighted by molar-refractivity contribution is 7.88. The third-order valence-electron chi connectivity index (χ3n) is 6.58. The van der Waals surface area contributed by atoms with Gasteiger partial charge in [-0.05, 0) is 94.6 Å². The number of aromatic nitrogens is 2. The van der Waals surface area contributed by atoms with E-state index in [0.717, 1.165) is 48.8 Å². The molecule has 4 rings (SSSR count). The van der Waals surface area contributed by atoms with Crippen LogP contribution in [0.1, 0.15) is 27.9 Å². The highest BCUT2D eigenvalue weighted by atomic mass is 32.2. The van der Waals surface area contributed by atoms with Gasteiger partial charge in [-0.15, -0.1) is 0 Å². The normalized spacial score (nSPS) is 12.5. The maximum atomic E-state index is 12.1. The molecule has 0 saturated heterocycles. The van der Waals surface area contributed by atoms with Gasteiger partial charge in [0.2, 0.25) is 10.0 Å². The average Bonchev–Trinajstić information content (AvgIpc) is 3.36. The van der Waals surface area contributed by atoms with Crippen LogP contribution in [0.4, 0.5) is 0 Å². The number of fused-ring (bicyclic) bond motifs is 2. The van der Waals surface area contributed by atoms with Crippen LogP contribution in [0.15, 0.2) is 42.6 Å². The van der Waals surface area contributed by atoms with Crippen molar-refractivity contribution in [2.45, 2.75) is 25.0 Å². The first-order chi connectivity index (χ1) is 16.6. The van der Waals surface area contributed by atoms with Crippen LogP contribution in [0.3, 0.4) is 0 Å². The zero-order valence-electron chi connectivity index (χ0n) is 21.4. The summed E-state index contributed by atoms with van der Waals surface area (Å²) in [6.45, 7) is 1.93. The van der Waals surface area contributed by atoms with Gasteiger partial charge in [-0.25, -0.2) is 13.1 Å². The van der Waals surface area contributed by atoms with Crippen LogP contribution in [-0.2, 0) is 35.0 Å². The van der Waals surface area contributed by atoms with E-state index in [2.05, 4.69) is 77.1 Å². The number of likely N-dealkylation sites (N-methyl/N-ethyl adjacent to an activating group) is 2. The molecule has 35 heavy (non-hydrogen) atoms. The van der Waals surface area contributed by atoms with Gasteiger partial charge in [0.15, 0.2) is 0 Å². The predicted octanol–water partition coefficient (Wildman–Crippen LogP) is 3.50. The molecule has 0 saturated carbocycles. The number of H-pyrrole nitrogens is 2. The lowest BCUT2D eigenvalue weighted by Gasteiger charge is -2.11. The van der Waals surface area contributed by atoms with Crippen LogP contribution in [-0.4, -0.2) is 76.5 Å². The zero-order chi connectivity index (χ0) is 25.2. The number of benzene rings is 2. The molecular formula is C27H37N5O2S. The molecule has 188 valence electrons. The summed E-state index contributed by atoms with van der Waals surface area (Å²) in [4.78, 5) is 11.4.